The van der Waals surface area contributed by atoms with Crippen LogP contribution in [0.4, 0.5) is 0 Å². The second kappa shape index (κ2) is 3.86. The van der Waals surface area contributed by atoms with E-state index in [1.165, 1.54) is 6.42 Å². The Morgan fingerprint density at radius 3 is 3.06 bits per heavy atom. The third-order valence-corrected chi connectivity index (χ3v) is 3.95. The fraction of sp³-hybridized carbons (Fsp3) is 0.750. The smallest absolute Gasteiger partial charge is 0.150 e. The zero-order valence-corrected chi connectivity index (χ0v) is 9.59. The third-order valence-electron chi connectivity index (χ3n) is 3.95. The van der Waals surface area contributed by atoms with Crippen molar-refractivity contribution in [2.45, 2.75) is 32.4 Å². The minimum Gasteiger partial charge on any atom is -0.393 e. The van der Waals surface area contributed by atoms with Crippen LogP contribution in [0.1, 0.15) is 24.3 Å². The van der Waals surface area contributed by atoms with Crippen LogP contribution in [0.2, 0.25) is 0 Å². The molecule has 2 heterocycles. The Kier molecular flexibility index (Phi) is 2.48. The molecule has 1 aromatic rings. The van der Waals surface area contributed by atoms with Crippen LogP contribution in [0.3, 0.4) is 0 Å². The van der Waals surface area contributed by atoms with Crippen LogP contribution in [-0.2, 0) is 6.54 Å². The molecule has 0 bridgehead atoms. The fourth-order valence-electron chi connectivity index (χ4n) is 3.17. The van der Waals surface area contributed by atoms with Gasteiger partial charge in [-0.15, -0.1) is 0 Å². The molecule has 1 aromatic heterocycles. The molecule has 2 aliphatic rings. The van der Waals surface area contributed by atoms with E-state index in [0.29, 0.717) is 11.8 Å². The highest BCUT2D eigenvalue weighted by Crippen LogP contribution is 2.38. The van der Waals surface area contributed by atoms with Crippen molar-refractivity contribution in [1.82, 2.24) is 10.1 Å². The molecule has 1 N–H and O–H groups in total. The first-order chi connectivity index (χ1) is 7.72. The number of aliphatic hydroxyl groups is 1. The average molecular weight is 222 g/mol. The fourth-order valence-corrected chi connectivity index (χ4v) is 3.17. The molecule has 1 aliphatic heterocycles. The summed E-state index contributed by atoms with van der Waals surface area (Å²) in [5, 5.41) is 13.7. The maximum absolute atomic E-state index is 9.82. The molecule has 0 spiro atoms. The quantitative estimate of drug-likeness (QED) is 0.816. The van der Waals surface area contributed by atoms with Crippen LogP contribution in [0.25, 0.3) is 0 Å². The predicted molar refractivity (Wildman–Crippen MR) is 58.7 cm³/mol. The number of hydrogen-bond acceptors (Lipinski definition) is 4. The Hall–Kier alpha value is -0.870. The SMILES string of the molecule is Cc1cc(CN2CC3CCC(O)C3C2)on1. The Morgan fingerprint density at radius 1 is 1.50 bits per heavy atom. The molecular weight excluding hydrogens is 204 g/mol. The summed E-state index contributed by atoms with van der Waals surface area (Å²) < 4.78 is 5.22. The zero-order chi connectivity index (χ0) is 11.1. The maximum atomic E-state index is 9.82. The van der Waals surface area contributed by atoms with Gasteiger partial charge in [0.2, 0.25) is 0 Å². The number of rotatable bonds is 2. The normalized spacial score (nSPS) is 34.5. The molecule has 0 amide bonds. The van der Waals surface area contributed by atoms with Gasteiger partial charge in [0.1, 0.15) is 0 Å². The van der Waals surface area contributed by atoms with Crippen LogP contribution < -0.4 is 0 Å². The monoisotopic (exact) mass is 222 g/mol. The highest BCUT2D eigenvalue weighted by atomic mass is 16.5. The van der Waals surface area contributed by atoms with Crippen LogP contribution in [0, 0.1) is 18.8 Å². The van der Waals surface area contributed by atoms with E-state index < -0.39 is 0 Å². The second-order valence-corrected chi connectivity index (χ2v) is 5.20. The molecule has 16 heavy (non-hydrogen) atoms. The van der Waals surface area contributed by atoms with Gasteiger partial charge in [-0.05, 0) is 25.7 Å². The number of nitrogens with zero attached hydrogens (tertiary/aromatic N) is 2. The summed E-state index contributed by atoms with van der Waals surface area (Å²) in [6, 6.07) is 1.99. The Morgan fingerprint density at radius 2 is 2.38 bits per heavy atom. The first-order valence-corrected chi connectivity index (χ1v) is 6.05. The third kappa shape index (κ3) is 1.76. The van der Waals surface area contributed by atoms with Crippen molar-refractivity contribution in [3.05, 3.63) is 17.5 Å². The number of aliphatic hydroxyl groups excluding tert-OH is 1. The van der Waals surface area contributed by atoms with Crippen LogP contribution in [0.5, 0.6) is 0 Å². The lowest BCUT2D eigenvalue weighted by Crippen LogP contribution is -2.24. The number of fused-ring (bicyclic) bond motifs is 1. The average Bonchev–Trinajstić information content (AvgIpc) is 2.88. The molecule has 1 saturated carbocycles. The van der Waals surface area contributed by atoms with Crippen molar-refractivity contribution < 1.29 is 9.63 Å². The molecular formula is C12H18N2O2. The molecule has 88 valence electrons. The number of aromatic nitrogens is 1. The van der Waals surface area contributed by atoms with Gasteiger partial charge in [-0.3, -0.25) is 4.90 Å². The molecule has 1 aliphatic carbocycles. The highest BCUT2D eigenvalue weighted by molar-refractivity contribution is 5.04. The molecule has 3 unspecified atom stereocenters. The molecule has 4 nitrogen and oxygen atoms in total. The summed E-state index contributed by atoms with van der Waals surface area (Å²) in [7, 11) is 0. The minimum absolute atomic E-state index is 0.0773. The Bertz CT molecular complexity index is 377. The predicted octanol–water partition coefficient (Wildman–Crippen LogP) is 1.19. The van der Waals surface area contributed by atoms with E-state index in [0.717, 1.165) is 37.5 Å². The molecule has 2 fully saturated rings. The van der Waals surface area contributed by atoms with Crippen molar-refractivity contribution in [3.8, 4) is 0 Å². The summed E-state index contributed by atoms with van der Waals surface area (Å²) in [5.74, 6) is 2.12. The summed E-state index contributed by atoms with van der Waals surface area (Å²) in [6.45, 7) is 4.88. The van der Waals surface area contributed by atoms with E-state index in [1.54, 1.807) is 0 Å². The van der Waals surface area contributed by atoms with Crippen LogP contribution >= 0.6 is 0 Å². The van der Waals surface area contributed by atoms with E-state index in [1.807, 2.05) is 13.0 Å². The van der Waals surface area contributed by atoms with Gasteiger partial charge in [-0.2, -0.15) is 0 Å². The van der Waals surface area contributed by atoms with E-state index in [4.69, 9.17) is 4.52 Å². The zero-order valence-electron chi connectivity index (χ0n) is 9.59. The van der Waals surface area contributed by atoms with E-state index in [2.05, 4.69) is 10.1 Å². The first-order valence-electron chi connectivity index (χ1n) is 6.05. The maximum Gasteiger partial charge on any atom is 0.150 e. The van der Waals surface area contributed by atoms with Gasteiger partial charge in [0.25, 0.3) is 0 Å². The van der Waals surface area contributed by atoms with E-state index in [-0.39, 0.29) is 6.10 Å². The van der Waals surface area contributed by atoms with E-state index >= 15 is 0 Å². The first kappa shape index (κ1) is 10.3. The lowest BCUT2D eigenvalue weighted by Gasteiger charge is -2.15. The summed E-state index contributed by atoms with van der Waals surface area (Å²) in [4.78, 5) is 2.37. The molecule has 0 aromatic carbocycles. The van der Waals surface area contributed by atoms with Gasteiger partial charge in [0.15, 0.2) is 5.76 Å². The van der Waals surface area contributed by atoms with Gasteiger partial charge in [0, 0.05) is 25.1 Å². The van der Waals surface area contributed by atoms with Crippen molar-refractivity contribution in [3.63, 3.8) is 0 Å². The van der Waals surface area contributed by atoms with Gasteiger partial charge in [0.05, 0.1) is 18.3 Å². The largest absolute Gasteiger partial charge is 0.393 e. The summed E-state index contributed by atoms with van der Waals surface area (Å²) in [5.41, 5.74) is 0.939. The topological polar surface area (TPSA) is 49.5 Å². The Labute approximate surface area is 95.2 Å². The number of hydrogen-bond donors (Lipinski definition) is 1. The summed E-state index contributed by atoms with van der Waals surface area (Å²) in [6.07, 6.45) is 2.09. The Balaban J connectivity index is 1.62. The molecule has 4 heteroatoms. The number of aryl methyl sites for hydroxylation is 1. The molecule has 3 rings (SSSR count). The number of likely N-dealkylation sites (tertiary alicyclic amines) is 1. The van der Waals surface area contributed by atoms with Crippen LogP contribution in [0.15, 0.2) is 10.6 Å². The van der Waals surface area contributed by atoms with Crippen LogP contribution in [-0.4, -0.2) is 34.4 Å². The lowest BCUT2D eigenvalue weighted by molar-refractivity contribution is 0.122. The molecule has 3 atom stereocenters. The van der Waals surface area contributed by atoms with Gasteiger partial charge in [-0.25, -0.2) is 0 Å². The van der Waals surface area contributed by atoms with Crippen molar-refractivity contribution >= 4 is 0 Å². The molecule has 0 radical (unpaired) electrons. The van der Waals surface area contributed by atoms with E-state index in [9.17, 15) is 5.11 Å². The minimum atomic E-state index is -0.0773. The molecule has 1 saturated heterocycles. The standard InChI is InChI=1S/C12H18N2O2/c1-8-4-10(16-13-8)6-14-5-9-2-3-12(15)11(9)7-14/h4,9,11-12,15H,2-3,5-7H2,1H3. The lowest BCUT2D eigenvalue weighted by atomic mass is 10.00. The van der Waals surface area contributed by atoms with Gasteiger partial charge >= 0.3 is 0 Å². The highest BCUT2D eigenvalue weighted by Gasteiger charge is 2.41. The van der Waals surface area contributed by atoms with Crippen molar-refractivity contribution in [1.29, 1.82) is 0 Å². The van der Waals surface area contributed by atoms with Crippen molar-refractivity contribution in [2.24, 2.45) is 11.8 Å². The van der Waals surface area contributed by atoms with Crippen molar-refractivity contribution in [2.75, 3.05) is 13.1 Å². The second-order valence-electron chi connectivity index (χ2n) is 5.20. The summed E-state index contributed by atoms with van der Waals surface area (Å²) >= 11 is 0. The van der Waals surface area contributed by atoms with Gasteiger partial charge < -0.3 is 9.63 Å². The van der Waals surface area contributed by atoms with Gasteiger partial charge in [-0.1, -0.05) is 5.16 Å².